The Labute approximate surface area is 172 Å². The molecule has 0 radical (unpaired) electrons. The summed E-state index contributed by atoms with van der Waals surface area (Å²) in [6.07, 6.45) is 0. The van der Waals surface area contributed by atoms with Gasteiger partial charge in [-0.05, 0) is 73.2 Å². The van der Waals surface area contributed by atoms with Gasteiger partial charge < -0.3 is 9.84 Å². The highest BCUT2D eigenvalue weighted by molar-refractivity contribution is 5.49. The van der Waals surface area contributed by atoms with Gasteiger partial charge in [0.25, 0.3) is 0 Å². The molecule has 0 bridgehead atoms. The monoisotopic (exact) mass is 406 g/mol. The number of nitrogens with zero attached hydrogens (tertiary/aromatic N) is 6. The van der Waals surface area contributed by atoms with E-state index in [4.69, 9.17) is 4.74 Å². The summed E-state index contributed by atoms with van der Waals surface area (Å²) in [6, 6.07) is 12.7. The van der Waals surface area contributed by atoms with Gasteiger partial charge >= 0.3 is 5.69 Å². The van der Waals surface area contributed by atoms with Crippen LogP contribution in [0.3, 0.4) is 0 Å². The van der Waals surface area contributed by atoms with Crippen LogP contribution < -0.4 is 10.4 Å². The number of rotatable bonds is 5. The minimum absolute atomic E-state index is 0.0157. The van der Waals surface area contributed by atoms with E-state index in [2.05, 4.69) is 15.5 Å². The number of aryl methyl sites for hydroxylation is 4. The molecule has 9 nitrogen and oxygen atoms in total. The maximum atomic E-state index is 12.2. The van der Waals surface area contributed by atoms with Crippen molar-refractivity contribution in [3.05, 3.63) is 75.5 Å². The first-order valence-electron chi connectivity index (χ1n) is 9.42. The van der Waals surface area contributed by atoms with Crippen LogP contribution in [0.4, 0.5) is 0 Å². The number of aromatic hydroxyl groups is 1. The van der Waals surface area contributed by atoms with Crippen LogP contribution in [0.2, 0.25) is 0 Å². The molecular formula is C21H22N6O3. The van der Waals surface area contributed by atoms with E-state index >= 15 is 0 Å². The van der Waals surface area contributed by atoms with Gasteiger partial charge in [-0.1, -0.05) is 6.07 Å². The lowest BCUT2D eigenvalue weighted by Crippen LogP contribution is -2.23. The molecule has 9 heteroatoms. The quantitative estimate of drug-likeness (QED) is 0.546. The Balaban J connectivity index is 1.62. The summed E-state index contributed by atoms with van der Waals surface area (Å²) in [7, 11) is 1.51. The SMILES string of the molecule is Cc1cc(C)n(-c2ccc(OCc3c(O)cccc3-n3nnn(C)c3=O)c(C)c2)n1. The molecule has 2 heterocycles. The highest BCUT2D eigenvalue weighted by atomic mass is 16.5. The fraction of sp³-hybridized carbons (Fsp3) is 0.238. The number of hydrogen-bond donors (Lipinski definition) is 1. The van der Waals surface area contributed by atoms with Crippen LogP contribution in [0.5, 0.6) is 11.5 Å². The van der Waals surface area contributed by atoms with Gasteiger partial charge in [0.15, 0.2) is 0 Å². The second-order valence-corrected chi connectivity index (χ2v) is 7.15. The van der Waals surface area contributed by atoms with Gasteiger partial charge in [0.1, 0.15) is 18.1 Å². The molecule has 0 amide bonds. The zero-order valence-corrected chi connectivity index (χ0v) is 17.2. The predicted molar refractivity (Wildman–Crippen MR) is 110 cm³/mol. The molecule has 2 aromatic carbocycles. The third kappa shape index (κ3) is 3.45. The number of ether oxygens (including phenoxy) is 1. The van der Waals surface area contributed by atoms with Gasteiger partial charge in [0.05, 0.1) is 22.6 Å². The molecule has 2 aromatic heterocycles. The Morgan fingerprint density at radius 1 is 1.03 bits per heavy atom. The van der Waals surface area contributed by atoms with Crippen molar-refractivity contribution in [2.24, 2.45) is 7.05 Å². The van der Waals surface area contributed by atoms with E-state index in [0.717, 1.165) is 32.0 Å². The van der Waals surface area contributed by atoms with E-state index in [1.807, 2.05) is 49.7 Å². The van der Waals surface area contributed by atoms with Gasteiger partial charge in [-0.25, -0.2) is 9.48 Å². The Hall–Kier alpha value is -3.88. The lowest BCUT2D eigenvalue weighted by molar-refractivity contribution is 0.296. The lowest BCUT2D eigenvalue weighted by atomic mass is 10.1. The Morgan fingerprint density at radius 2 is 1.83 bits per heavy atom. The third-order valence-electron chi connectivity index (χ3n) is 4.86. The third-order valence-corrected chi connectivity index (χ3v) is 4.86. The summed E-state index contributed by atoms with van der Waals surface area (Å²) >= 11 is 0. The topological polar surface area (TPSA) is 100.0 Å². The van der Waals surface area contributed by atoms with Crippen LogP contribution in [-0.4, -0.2) is 34.7 Å². The predicted octanol–water partition coefficient (Wildman–Crippen LogP) is 2.36. The molecule has 0 aliphatic heterocycles. The van der Waals surface area contributed by atoms with Crippen LogP contribution in [0.25, 0.3) is 11.4 Å². The Kier molecular flexibility index (Phi) is 4.86. The molecule has 4 aromatic rings. The lowest BCUT2D eigenvalue weighted by Gasteiger charge is -2.14. The minimum atomic E-state index is -0.410. The van der Waals surface area contributed by atoms with E-state index < -0.39 is 5.69 Å². The average molecular weight is 406 g/mol. The zero-order valence-electron chi connectivity index (χ0n) is 17.2. The number of benzene rings is 2. The molecule has 0 fully saturated rings. The number of phenolic OH excluding ortho intramolecular Hbond substituents is 1. The van der Waals surface area contributed by atoms with Crippen molar-refractivity contribution in [2.75, 3.05) is 0 Å². The number of aromatic nitrogens is 6. The van der Waals surface area contributed by atoms with Crippen LogP contribution in [-0.2, 0) is 13.7 Å². The number of phenols is 1. The van der Waals surface area contributed by atoms with Gasteiger partial charge in [-0.3, -0.25) is 0 Å². The maximum Gasteiger partial charge on any atom is 0.368 e. The summed E-state index contributed by atoms with van der Waals surface area (Å²) in [5.74, 6) is 0.683. The fourth-order valence-corrected chi connectivity index (χ4v) is 3.34. The van der Waals surface area contributed by atoms with Crippen LogP contribution in [0.1, 0.15) is 22.5 Å². The smallest absolute Gasteiger partial charge is 0.368 e. The Bertz CT molecular complexity index is 1280. The first kappa shape index (κ1) is 19.4. The highest BCUT2D eigenvalue weighted by Gasteiger charge is 2.16. The van der Waals surface area contributed by atoms with E-state index in [0.29, 0.717) is 17.0 Å². The van der Waals surface area contributed by atoms with Gasteiger partial charge in [0.2, 0.25) is 0 Å². The maximum absolute atomic E-state index is 12.2. The molecule has 1 N–H and O–H groups in total. The van der Waals surface area contributed by atoms with E-state index in [1.165, 1.54) is 7.05 Å². The fourth-order valence-electron chi connectivity index (χ4n) is 3.34. The average Bonchev–Trinajstić information content (AvgIpc) is 3.22. The van der Waals surface area contributed by atoms with E-state index in [1.54, 1.807) is 18.2 Å². The van der Waals surface area contributed by atoms with Crippen molar-refractivity contribution in [3.63, 3.8) is 0 Å². The summed E-state index contributed by atoms with van der Waals surface area (Å²) in [6.45, 7) is 5.97. The summed E-state index contributed by atoms with van der Waals surface area (Å²) < 4.78 is 10.1. The van der Waals surface area contributed by atoms with Crippen molar-refractivity contribution in [3.8, 4) is 22.9 Å². The van der Waals surface area contributed by atoms with Crippen LogP contribution >= 0.6 is 0 Å². The number of hydrogen-bond acceptors (Lipinski definition) is 6. The molecule has 0 saturated carbocycles. The molecule has 0 saturated heterocycles. The van der Waals surface area contributed by atoms with Crippen molar-refractivity contribution in [1.82, 2.24) is 29.6 Å². The molecule has 0 spiro atoms. The largest absolute Gasteiger partial charge is 0.507 e. The van der Waals surface area contributed by atoms with Crippen molar-refractivity contribution < 1.29 is 9.84 Å². The highest BCUT2D eigenvalue weighted by Crippen LogP contribution is 2.27. The first-order chi connectivity index (χ1) is 14.3. The minimum Gasteiger partial charge on any atom is -0.507 e. The Morgan fingerprint density at radius 3 is 2.47 bits per heavy atom. The summed E-state index contributed by atoms with van der Waals surface area (Å²) in [4.78, 5) is 12.2. The van der Waals surface area contributed by atoms with Crippen LogP contribution in [0.15, 0.2) is 47.3 Å². The molecule has 30 heavy (non-hydrogen) atoms. The zero-order chi connectivity index (χ0) is 21.4. The second kappa shape index (κ2) is 7.51. The molecular weight excluding hydrogens is 384 g/mol. The second-order valence-electron chi connectivity index (χ2n) is 7.15. The molecule has 154 valence electrons. The molecule has 4 rings (SSSR count). The number of tetrazole rings is 1. The van der Waals surface area contributed by atoms with E-state index in [9.17, 15) is 9.90 Å². The van der Waals surface area contributed by atoms with Gasteiger partial charge in [-0.15, -0.1) is 0 Å². The summed E-state index contributed by atoms with van der Waals surface area (Å²) in [5, 5.41) is 22.5. The van der Waals surface area contributed by atoms with Crippen molar-refractivity contribution in [1.29, 1.82) is 0 Å². The molecule has 0 aliphatic rings. The molecule has 0 atom stereocenters. The molecule has 0 aliphatic carbocycles. The molecule has 0 unspecified atom stereocenters. The van der Waals surface area contributed by atoms with Crippen molar-refractivity contribution >= 4 is 0 Å². The van der Waals surface area contributed by atoms with Crippen molar-refractivity contribution in [2.45, 2.75) is 27.4 Å². The van der Waals surface area contributed by atoms with Gasteiger partial charge in [0, 0.05) is 12.7 Å². The standard InChI is InChI=1S/C21H22N6O3/c1-13-10-16(26-15(3)11-14(2)22-26)8-9-20(13)30-12-17-18(6-5-7-19(17)28)27-21(29)25(4)23-24-27/h5-11,28H,12H2,1-4H3. The van der Waals surface area contributed by atoms with Crippen LogP contribution in [0, 0.1) is 20.8 Å². The summed E-state index contributed by atoms with van der Waals surface area (Å²) in [5.41, 5.74) is 4.33. The van der Waals surface area contributed by atoms with Gasteiger partial charge in [-0.2, -0.15) is 14.5 Å². The van der Waals surface area contributed by atoms with E-state index in [-0.39, 0.29) is 12.4 Å². The first-order valence-corrected chi connectivity index (χ1v) is 9.42. The normalized spacial score (nSPS) is 11.1.